The second-order valence-corrected chi connectivity index (χ2v) is 12.9. The maximum absolute atomic E-state index is 12.0. The molecule has 43 heavy (non-hydrogen) atoms. The molecule has 12 heteroatoms. The molecule has 1 saturated carbocycles. The van der Waals surface area contributed by atoms with E-state index in [2.05, 4.69) is 42.3 Å². The molecule has 2 aliphatic rings. The first-order valence-electron chi connectivity index (χ1n) is 14.6. The molecule has 3 N–H and O–H groups in total. The van der Waals surface area contributed by atoms with Crippen molar-refractivity contribution in [2.45, 2.75) is 72.4 Å². The fraction of sp³-hybridized carbons (Fsp3) is 0.452. The van der Waals surface area contributed by atoms with Crippen molar-refractivity contribution in [3.05, 3.63) is 41.2 Å². The van der Waals surface area contributed by atoms with Crippen LogP contribution in [-0.2, 0) is 0 Å². The van der Waals surface area contributed by atoms with Crippen molar-refractivity contribution >= 4 is 39.7 Å². The van der Waals surface area contributed by atoms with Gasteiger partial charge in [-0.3, -0.25) is 0 Å². The number of aromatic nitrogens is 6. The van der Waals surface area contributed by atoms with Crippen molar-refractivity contribution in [3.8, 4) is 16.9 Å². The number of ether oxygens (including phenoxy) is 1. The summed E-state index contributed by atoms with van der Waals surface area (Å²) in [7, 11) is 1.65. The predicted molar refractivity (Wildman–Crippen MR) is 162 cm³/mol. The number of carboxylic acid groups (broad SMARTS) is 1. The number of hydrogen-bond acceptors (Lipinski definition) is 8. The van der Waals surface area contributed by atoms with Crippen LogP contribution in [0.2, 0.25) is 0 Å². The van der Waals surface area contributed by atoms with E-state index in [1.165, 1.54) is 4.90 Å². The summed E-state index contributed by atoms with van der Waals surface area (Å²) < 4.78 is 13.3. The number of nitrogens with zero attached hydrogens (tertiary/aromatic N) is 6. The molecule has 2 fully saturated rings. The number of amides is 1. The Hall–Kier alpha value is -4.61. The summed E-state index contributed by atoms with van der Waals surface area (Å²) in [6.07, 6.45) is 1.31. The Kier molecular flexibility index (Phi) is 5.98. The van der Waals surface area contributed by atoms with Gasteiger partial charge in [0.05, 0.1) is 41.5 Å². The molecule has 1 aliphatic carbocycles. The van der Waals surface area contributed by atoms with Crippen molar-refractivity contribution in [3.63, 3.8) is 0 Å². The Labute approximate surface area is 248 Å². The van der Waals surface area contributed by atoms with Gasteiger partial charge in [-0.2, -0.15) is 5.10 Å². The van der Waals surface area contributed by atoms with Gasteiger partial charge in [-0.15, -0.1) is 0 Å². The number of nitrogens with one attached hydrogen (secondary N) is 2. The van der Waals surface area contributed by atoms with Crippen LogP contribution in [0.5, 0.6) is 5.75 Å². The van der Waals surface area contributed by atoms with E-state index in [1.54, 1.807) is 7.11 Å². The van der Waals surface area contributed by atoms with Crippen LogP contribution in [0, 0.1) is 26.2 Å². The number of likely N-dealkylation sites (tertiary alicyclic amines) is 1. The fourth-order valence-electron chi connectivity index (χ4n) is 6.65. The van der Waals surface area contributed by atoms with E-state index in [0.29, 0.717) is 35.5 Å². The molecule has 1 amide bonds. The van der Waals surface area contributed by atoms with Crippen molar-refractivity contribution < 1.29 is 19.2 Å². The lowest BCUT2D eigenvalue weighted by Crippen LogP contribution is -2.63. The van der Waals surface area contributed by atoms with Crippen molar-refractivity contribution in [2.75, 3.05) is 19.0 Å². The number of fused-ring (bicyclic) bond motifs is 3. The lowest BCUT2D eigenvalue weighted by molar-refractivity contribution is -0.0312. The molecule has 2 atom stereocenters. The molecule has 5 heterocycles. The minimum Gasteiger partial charge on any atom is -0.496 e. The van der Waals surface area contributed by atoms with E-state index in [0.717, 1.165) is 63.2 Å². The highest BCUT2D eigenvalue weighted by Gasteiger charge is 2.50. The highest BCUT2D eigenvalue weighted by Crippen LogP contribution is 2.46. The quantitative estimate of drug-likeness (QED) is 0.204. The Bertz CT molecular complexity index is 1890. The van der Waals surface area contributed by atoms with Gasteiger partial charge in [-0.1, -0.05) is 25.9 Å². The van der Waals surface area contributed by atoms with Crippen molar-refractivity contribution in [2.24, 2.45) is 5.41 Å². The third-order valence-electron chi connectivity index (χ3n) is 8.71. The highest BCUT2D eigenvalue weighted by atomic mass is 16.5. The fourth-order valence-corrected chi connectivity index (χ4v) is 6.65. The molecular weight excluding hydrogens is 548 g/mol. The van der Waals surface area contributed by atoms with Gasteiger partial charge in [-0.05, 0) is 51.2 Å². The molecule has 4 aromatic heterocycles. The van der Waals surface area contributed by atoms with Crippen LogP contribution in [-0.4, -0.2) is 65.7 Å². The maximum Gasteiger partial charge on any atom is 0.407 e. The third-order valence-corrected chi connectivity index (χ3v) is 8.71. The van der Waals surface area contributed by atoms with Crippen LogP contribution < -0.4 is 10.1 Å². The molecule has 0 radical (unpaired) electrons. The molecule has 7 rings (SSSR count). The standard InChI is InChI=1S/C31H36N8O4/c1-14-25(15(2)43-37-14)19-10-21-18(11-23(19)42-7)26-28(34-21)32-16(3)33-29(26)35-24-12-20(17-8-9-17)36-39(24)22-13-38(30(40)41)27(22)31(4,5)6/h10-12,17,22,27H,8-9,13H2,1-7H3,(H,40,41)(H2,32,33,34,35). The normalized spacial score (nSPS) is 18.8. The third kappa shape index (κ3) is 4.38. The van der Waals surface area contributed by atoms with Crippen LogP contribution in [0.3, 0.4) is 0 Å². The van der Waals surface area contributed by atoms with Gasteiger partial charge in [0.25, 0.3) is 0 Å². The molecule has 224 valence electrons. The second-order valence-electron chi connectivity index (χ2n) is 12.9. The maximum atomic E-state index is 12.0. The molecule has 0 bridgehead atoms. The number of anilines is 2. The lowest BCUT2D eigenvalue weighted by atomic mass is 9.76. The van der Waals surface area contributed by atoms with Crippen LogP contribution in [0.1, 0.15) is 68.5 Å². The first kappa shape index (κ1) is 27.2. The van der Waals surface area contributed by atoms with Gasteiger partial charge in [0.2, 0.25) is 0 Å². The summed E-state index contributed by atoms with van der Waals surface area (Å²) in [5.74, 6) is 3.88. The predicted octanol–water partition coefficient (Wildman–Crippen LogP) is 6.47. The number of carbonyl (C=O) groups is 1. The molecular formula is C31H36N8O4. The summed E-state index contributed by atoms with van der Waals surface area (Å²) in [5.41, 5.74) is 4.90. The van der Waals surface area contributed by atoms with Gasteiger partial charge >= 0.3 is 6.09 Å². The average molecular weight is 585 g/mol. The first-order chi connectivity index (χ1) is 20.4. The van der Waals surface area contributed by atoms with E-state index in [1.807, 2.05) is 37.6 Å². The molecule has 0 spiro atoms. The summed E-state index contributed by atoms with van der Waals surface area (Å²) in [5, 5.41) is 24.4. The number of H-pyrrole nitrogens is 1. The van der Waals surface area contributed by atoms with E-state index in [9.17, 15) is 9.90 Å². The second kappa shape index (κ2) is 9.45. The van der Waals surface area contributed by atoms with Crippen LogP contribution in [0.4, 0.5) is 16.4 Å². The van der Waals surface area contributed by atoms with Crippen LogP contribution in [0.15, 0.2) is 22.7 Å². The number of rotatable bonds is 6. The molecule has 12 nitrogen and oxygen atoms in total. The SMILES string of the molecule is COc1cc2c(cc1-c1c(C)noc1C)[nH]c1nc(C)nc(Nc3cc(C4CC4)nn3C3CN(C(=O)O)C3C(C)(C)C)c12. The Morgan fingerprint density at radius 2 is 1.93 bits per heavy atom. The average Bonchev–Trinajstić information content (AvgIpc) is 3.46. The number of benzene rings is 1. The topological polar surface area (TPSA) is 147 Å². The van der Waals surface area contributed by atoms with Gasteiger partial charge < -0.3 is 29.6 Å². The van der Waals surface area contributed by atoms with Gasteiger partial charge in [0.15, 0.2) is 0 Å². The first-order valence-corrected chi connectivity index (χ1v) is 14.6. The largest absolute Gasteiger partial charge is 0.496 e. The summed E-state index contributed by atoms with van der Waals surface area (Å²) in [6.45, 7) is 12.3. The van der Waals surface area contributed by atoms with Crippen molar-refractivity contribution in [1.29, 1.82) is 0 Å². The van der Waals surface area contributed by atoms with Gasteiger partial charge in [-0.25, -0.2) is 19.4 Å². The molecule has 2 unspecified atom stereocenters. The van der Waals surface area contributed by atoms with E-state index >= 15 is 0 Å². The number of methoxy groups -OCH3 is 1. The van der Waals surface area contributed by atoms with E-state index in [-0.39, 0.29) is 17.5 Å². The van der Waals surface area contributed by atoms with Crippen LogP contribution in [0.25, 0.3) is 33.1 Å². The summed E-state index contributed by atoms with van der Waals surface area (Å²) in [4.78, 5) is 26.6. The monoisotopic (exact) mass is 584 g/mol. The Balaban J connectivity index is 1.36. The summed E-state index contributed by atoms with van der Waals surface area (Å²) in [6, 6.07) is 5.81. The van der Waals surface area contributed by atoms with Crippen molar-refractivity contribution in [1.82, 2.24) is 34.8 Å². The van der Waals surface area contributed by atoms with Gasteiger partial charge in [0, 0.05) is 35.0 Å². The molecule has 1 saturated heterocycles. The zero-order chi connectivity index (χ0) is 30.4. The Morgan fingerprint density at radius 1 is 1.16 bits per heavy atom. The van der Waals surface area contributed by atoms with E-state index in [4.69, 9.17) is 24.3 Å². The zero-order valence-electron chi connectivity index (χ0n) is 25.4. The number of hydrogen-bond donors (Lipinski definition) is 3. The number of aryl methyl sites for hydroxylation is 3. The Morgan fingerprint density at radius 3 is 2.56 bits per heavy atom. The van der Waals surface area contributed by atoms with E-state index < -0.39 is 6.09 Å². The van der Waals surface area contributed by atoms with Crippen LogP contribution >= 0.6 is 0 Å². The molecule has 5 aromatic rings. The van der Waals surface area contributed by atoms with Gasteiger partial charge in [0.1, 0.15) is 34.6 Å². The minimum absolute atomic E-state index is 0.106. The lowest BCUT2D eigenvalue weighted by Gasteiger charge is -2.52. The molecule has 1 aliphatic heterocycles. The minimum atomic E-state index is -0.905. The smallest absolute Gasteiger partial charge is 0.407 e. The number of aromatic amines is 1. The zero-order valence-corrected chi connectivity index (χ0v) is 25.4. The molecule has 1 aromatic carbocycles. The summed E-state index contributed by atoms with van der Waals surface area (Å²) >= 11 is 0. The highest BCUT2D eigenvalue weighted by molar-refractivity contribution is 6.13.